The molecule has 0 heterocycles. The van der Waals surface area contributed by atoms with Crippen LogP contribution >= 0.6 is 0 Å². The summed E-state index contributed by atoms with van der Waals surface area (Å²) in [6.45, 7) is 9.39. The first-order valence-electron chi connectivity index (χ1n) is 7.56. The predicted octanol–water partition coefficient (Wildman–Crippen LogP) is 3.13. The van der Waals surface area contributed by atoms with Gasteiger partial charge in [-0.2, -0.15) is 0 Å². The van der Waals surface area contributed by atoms with Crippen molar-refractivity contribution in [2.75, 3.05) is 4.72 Å². The zero-order chi connectivity index (χ0) is 18.2. The Labute approximate surface area is 142 Å². The highest BCUT2D eigenvalue weighted by Gasteiger charge is 2.24. The number of nitrogens with two attached hydrogens (primary N) is 1. The minimum atomic E-state index is -3.85. The molecule has 2 aromatic carbocycles. The zero-order valence-corrected chi connectivity index (χ0v) is 15.3. The maximum atomic E-state index is 13.0. The molecule has 6 heteroatoms. The lowest BCUT2D eigenvalue weighted by molar-refractivity contribution is 0.100. The summed E-state index contributed by atoms with van der Waals surface area (Å²) in [6, 6.07) is 6.30. The Morgan fingerprint density at radius 1 is 0.875 bits per heavy atom. The average molecular weight is 346 g/mol. The van der Waals surface area contributed by atoms with Crippen molar-refractivity contribution in [3.63, 3.8) is 0 Å². The summed E-state index contributed by atoms with van der Waals surface area (Å²) in [7, 11) is -3.85. The van der Waals surface area contributed by atoms with Crippen LogP contribution in [0.5, 0.6) is 0 Å². The van der Waals surface area contributed by atoms with Gasteiger partial charge in [-0.1, -0.05) is 12.1 Å². The van der Waals surface area contributed by atoms with Gasteiger partial charge in [0.15, 0.2) is 0 Å². The molecule has 5 nitrogen and oxygen atoms in total. The third kappa shape index (κ3) is 3.01. The van der Waals surface area contributed by atoms with Crippen LogP contribution in [0.1, 0.15) is 38.2 Å². The van der Waals surface area contributed by atoms with Crippen molar-refractivity contribution < 1.29 is 13.2 Å². The highest BCUT2D eigenvalue weighted by molar-refractivity contribution is 7.92. The molecule has 0 saturated carbocycles. The van der Waals surface area contributed by atoms with Gasteiger partial charge in [-0.05, 0) is 74.6 Å². The van der Waals surface area contributed by atoms with Gasteiger partial charge in [0.25, 0.3) is 15.9 Å². The van der Waals surface area contributed by atoms with E-state index in [2.05, 4.69) is 4.72 Å². The molecule has 0 aliphatic carbocycles. The molecule has 0 bridgehead atoms. The molecule has 0 saturated heterocycles. The van der Waals surface area contributed by atoms with Crippen molar-refractivity contribution in [3.8, 4) is 0 Å². The van der Waals surface area contributed by atoms with Crippen molar-refractivity contribution in [2.24, 2.45) is 5.73 Å². The summed E-state index contributed by atoms with van der Waals surface area (Å²) in [5.41, 5.74) is 10.0. The molecule has 0 fully saturated rings. The zero-order valence-electron chi connectivity index (χ0n) is 14.5. The van der Waals surface area contributed by atoms with E-state index in [1.807, 2.05) is 20.8 Å². The number of anilines is 1. The van der Waals surface area contributed by atoms with E-state index >= 15 is 0 Å². The van der Waals surface area contributed by atoms with Crippen LogP contribution < -0.4 is 10.5 Å². The van der Waals surface area contributed by atoms with Crippen LogP contribution in [0.25, 0.3) is 0 Å². The Morgan fingerprint density at radius 2 is 1.33 bits per heavy atom. The standard InChI is InChI=1S/C18H22N2O3S/c1-10-11(2)13(4)17(14(5)12(10)3)24(22,23)20-16-9-7-6-8-15(16)18(19)21/h6-9,20H,1-5H3,(H2,19,21). The van der Waals surface area contributed by atoms with Gasteiger partial charge in [-0.3, -0.25) is 9.52 Å². The predicted molar refractivity (Wildman–Crippen MR) is 95.9 cm³/mol. The second kappa shape index (κ2) is 6.28. The number of sulfonamides is 1. The summed E-state index contributed by atoms with van der Waals surface area (Å²) < 4.78 is 28.5. The SMILES string of the molecule is Cc1c(C)c(C)c(S(=O)(=O)Nc2ccccc2C(N)=O)c(C)c1C. The average Bonchev–Trinajstić information content (AvgIpc) is 2.50. The van der Waals surface area contributed by atoms with Crippen LogP contribution in [0.2, 0.25) is 0 Å². The molecule has 0 aromatic heterocycles. The molecule has 3 N–H and O–H groups in total. The van der Waals surface area contributed by atoms with E-state index in [0.717, 1.165) is 16.7 Å². The fraction of sp³-hybridized carbons (Fsp3) is 0.278. The molecule has 1 amide bonds. The van der Waals surface area contributed by atoms with Crippen LogP contribution in [0, 0.1) is 34.6 Å². The smallest absolute Gasteiger partial charge is 0.262 e. The van der Waals surface area contributed by atoms with Crippen LogP contribution in [-0.2, 0) is 10.0 Å². The lowest BCUT2D eigenvalue weighted by Crippen LogP contribution is -2.21. The van der Waals surface area contributed by atoms with E-state index < -0.39 is 15.9 Å². The Morgan fingerprint density at radius 3 is 1.83 bits per heavy atom. The van der Waals surface area contributed by atoms with Gasteiger partial charge in [-0.25, -0.2) is 8.42 Å². The van der Waals surface area contributed by atoms with E-state index in [0.29, 0.717) is 11.1 Å². The number of carbonyl (C=O) groups is 1. The lowest BCUT2D eigenvalue weighted by Gasteiger charge is -2.20. The highest BCUT2D eigenvalue weighted by atomic mass is 32.2. The number of benzene rings is 2. The maximum Gasteiger partial charge on any atom is 0.262 e. The van der Waals surface area contributed by atoms with Crippen molar-refractivity contribution in [3.05, 3.63) is 57.6 Å². The molecule has 2 aromatic rings. The first kappa shape index (κ1) is 18.0. The number of amides is 1. The van der Waals surface area contributed by atoms with Gasteiger partial charge >= 0.3 is 0 Å². The number of carbonyl (C=O) groups excluding carboxylic acids is 1. The largest absolute Gasteiger partial charge is 0.366 e. The number of hydrogen-bond acceptors (Lipinski definition) is 3. The molecule has 24 heavy (non-hydrogen) atoms. The van der Waals surface area contributed by atoms with Crippen molar-refractivity contribution in [1.29, 1.82) is 0 Å². The quantitative estimate of drug-likeness (QED) is 0.891. The molecule has 0 aliphatic rings. The van der Waals surface area contributed by atoms with Gasteiger partial charge < -0.3 is 5.73 Å². The number of para-hydroxylation sites is 1. The van der Waals surface area contributed by atoms with Gasteiger partial charge in [-0.15, -0.1) is 0 Å². The van der Waals surface area contributed by atoms with Gasteiger partial charge in [0.1, 0.15) is 0 Å². The molecular weight excluding hydrogens is 324 g/mol. The van der Waals surface area contributed by atoms with Gasteiger partial charge in [0, 0.05) is 0 Å². The number of hydrogen-bond donors (Lipinski definition) is 2. The Kier molecular flexibility index (Phi) is 4.71. The molecule has 0 aliphatic heterocycles. The first-order valence-corrected chi connectivity index (χ1v) is 9.04. The van der Waals surface area contributed by atoms with Crippen molar-refractivity contribution in [2.45, 2.75) is 39.5 Å². The Balaban J connectivity index is 2.64. The Hall–Kier alpha value is -2.34. The summed E-state index contributed by atoms with van der Waals surface area (Å²) in [5.74, 6) is -0.682. The number of primary amides is 1. The van der Waals surface area contributed by atoms with Crippen LogP contribution in [0.3, 0.4) is 0 Å². The molecule has 0 atom stereocenters. The summed E-state index contributed by atoms with van der Waals surface area (Å²) >= 11 is 0. The molecule has 0 radical (unpaired) electrons. The minimum Gasteiger partial charge on any atom is -0.366 e. The van der Waals surface area contributed by atoms with Crippen molar-refractivity contribution in [1.82, 2.24) is 0 Å². The van der Waals surface area contributed by atoms with Crippen LogP contribution in [0.15, 0.2) is 29.2 Å². The minimum absolute atomic E-state index is 0.136. The highest BCUT2D eigenvalue weighted by Crippen LogP contribution is 2.31. The molecule has 128 valence electrons. The molecule has 2 rings (SSSR count). The van der Waals surface area contributed by atoms with E-state index in [1.165, 1.54) is 12.1 Å². The molecule has 0 spiro atoms. The second-order valence-corrected chi connectivity index (χ2v) is 7.59. The molecular formula is C18H22N2O3S. The van der Waals surface area contributed by atoms with Crippen molar-refractivity contribution >= 4 is 21.6 Å². The van der Waals surface area contributed by atoms with Crippen LogP contribution in [0.4, 0.5) is 5.69 Å². The van der Waals surface area contributed by atoms with Crippen LogP contribution in [-0.4, -0.2) is 14.3 Å². The fourth-order valence-corrected chi connectivity index (χ4v) is 4.53. The van der Waals surface area contributed by atoms with E-state index in [-0.39, 0.29) is 16.1 Å². The summed E-state index contributed by atoms with van der Waals surface area (Å²) in [4.78, 5) is 11.8. The fourth-order valence-electron chi connectivity index (χ4n) is 2.85. The lowest BCUT2D eigenvalue weighted by atomic mass is 9.95. The van der Waals surface area contributed by atoms with E-state index in [1.54, 1.807) is 26.0 Å². The first-order chi connectivity index (χ1) is 11.1. The van der Waals surface area contributed by atoms with E-state index in [4.69, 9.17) is 5.73 Å². The topological polar surface area (TPSA) is 89.3 Å². The number of rotatable bonds is 4. The maximum absolute atomic E-state index is 13.0. The second-order valence-electron chi connectivity index (χ2n) is 5.97. The third-order valence-electron chi connectivity index (χ3n) is 4.64. The van der Waals surface area contributed by atoms with E-state index in [9.17, 15) is 13.2 Å². The Bertz CT molecular complexity index is 903. The summed E-state index contributed by atoms with van der Waals surface area (Å²) in [6.07, 6.45) is 0. The third-order valence-corrected chi connectivity index (χ3v) is 6.28. The monoisotopic (exact) mass is 346 g/mol. The number of nitrogens with one attached hydrogen (secondary N) is 1. The normalized spacial score (nSPS) is 11.4. The molecule has 0 unspecified atom stereocenters. The van der Waals surface area contributed by atoms with Gasteiger partial charge in [0.2, 0.25) is 0 Å². The summed E-state index contributed by atoms with van der Waals surface area (Å²) in [5, 5.41) is 0. The van der Waals surface area contributed by atoms with Gasteiger partial charge in [0.05, 0.1) is 16.1 Å².